The molecule has 44 heavy (non-hydrogen) atoms. The Kier molecular flexibility index (Phi) is 7.43. The Balaban J connectivity index is 1.27. The third-order valence-corrected chi connectivity index (χ3v) is 9.19. The number of thioether (sulfide) groups is 1. The molecule has 0 saturated heterocycles. The number of benzene rings is 4. The van der Waals surface area contributed by atoms with Gasteiger partial charge in [-0.05, 0) is 47.5 Å². The molecule has 7 rings (SSSR count). The number of aromatic nitrogens is 2. The molecule has 1 aliphatic rings. The van der Waals surface area contributed by atoms with Gasteiger partial charge in [-0.1, -0.05) is 102 Å². The summed E-state index contributed by atoms with van der Waals surface area (Å²) in [5, 5.41) is 20.8. The van der Waals surface area contributed by atoms with Crippen LogP contribution >= 0.6 is 23.1 Å². The van der Waals surface area contributed by atoms with E-state index in [9.17, 15) is 14.7 Å². The number of amides is 1. The van der Waals surface area contributed by atoms with Gasteiger partial charge in [0.15, 0.2) is 15.9 Å². The van der Waals surface area contributed by atoms with Crippen molar-refractivity contribution in [2.45, 2.75) is 16.1 Å². The maximum atomic E-state index is 14.0. The van der Waals surface area contributed by atoms with E-state index in [4.69, 9.17) is 9.15 Å². The van der Waals surface area contributed by atoms with Crippen molar-refractivity contribution < 1.29 is 23.8 Å². The highest BCUT2D eigenvalue weighted by molar-refractivity contribution is 8.00. The number of ether oxygens (including phenoxy) is 1. The van der Waals surface area contributed by atoms with Gasteiger partial charge in [-0.25, -0.2) is 0 Å². The van der Waals surface area contributed by atoms with Crippen molar-refractivity contribution in [3.8, 4) is 11.5 Å². The predicted octanol–water partition coefficient (Wildman–Crippen LogP) is 8.15. The molecular weight excluding hydrogens is 595 g/mol. The van der Waals surface area contributed by atoms with Gasteiger partial charge in [0.1, 0.15) is 17.1 Å². The number of carbonyl (C=O) groups excluding carboxylic acids is 2. The Morgan fingerprint density at radius 3 is 2.41 bits per heavy atom. The highest BCUT2D eigenvalue weighted by Gasteiger charge is 2.47. The minimum Gasteiger partial charge on any atom is -0.503 e. The van der Waals surface area contributed by atoms with Crippen LogP contribution in [0.5, 0.6) is 11.5 Å². The summed E-state index contributed by atoms with van der Waals surface area (Å²) >= 11 is 2.71. The number of hydrogen-bond acceptors (Lipinski definition) is 9. The van der Waals surface area contributed by atoms with Crippen LogP contribution in [-0.2, 0) is 10.5 Å². The van der Waals surface area contributed by atoms with Gasteiger partial charge in [0.05, 0.1) is 11.6 Å². The minimum absolute atomic E-state index is 0.0143. The molecule has 2 aromatic heterocycles. The summed E-state index contributed by atoms with van der Waals surface area (Å²) in [5.74, 6) is -0.198. The van der Waals surface area contributed by atoms with E-state index >= 15 is 0 Å². The zero-order valence-electron chi connectivity index (χ0n) is 23.0. The van der Waals surface area contributed by atoms with E-state index in [1.165, 1.54) is 28.0 Å². The minimum atomic E-state index is -1.01. The van der Waals surface area contributed by atoms with Gasteiger partial charge < -0.3 is 14.3 Å². The fourth-order valence-corrected chi connectivity index (χ4v) is 6.85. The summed E-state index contributed by atoms with van der Waals surface area (Å²) in [5.41, 5.74) is 2.08. The smallest absolute Gasteiger partial charge is 0.296 e. The third-order valence-electron chi connectivity index (χ3n) is 7.06. The SMILES string of the molecule is O=C(C1=C(O)C(=O)N(c2nnc(SCc3ccccc3)s2)C1c1cccc(Oc2ccccc2)c1)c1cc2ccccc2o1. The van der Waals surface area contributed by atoms with Crippen LogP contribution in [0, 0.1) is 0 Å². The number of fused-ring (bicyclic) bond motifs is 1. The molecule has 1 atom stereocenters. The van der Waals surface area contributed by atoms with Gasteiger partial charge >= 0.3 is 0 Å². The molecule has 1 unspecified atom stereocenters. The molecule has 216 valence electrons. The van der Waals surface area contributed by atoms with Crippen LogP contribution in [0.4, 0.5) is 5.13 Å². The summed E-state index contributed by atoms with van der Waals surface area (Å²) in [6.07, 6.45) is 0. The first kappa shape index (κ1) is 27.6. The largest absolute Gasteiger partial charge is 0.503 e. The summed E-state index contributed by atoms with van der Waals surface area (Å²) in [6, 6.07) is 34.1. The van der Waals surface area contributed by atoms with E-state index in [0.717, 1.165) is 10.9 Å². The number of furan rings is 1. The number of aliphatic hydroxyl groups excluding tert-OH is 1. The van der Waals surface area contributed by atoms with Gasteiger partial charge in [0, 0.05) is 11.1 Å². The van der Waals surface area contributed by atoms with E-state index in [-0.39, 0.29) is 16.5 Å². The van der Waals surface area contributed by atoms with Gasteiger partial charge in [0.2, 0.25) is 10.9 Å². The van der Waals surface area contributed by atoms with Crippen molar-refractivity contribution in [3.05, 3.63) is 143 Å². The normalized spacial score (nSPS) is 14.9. The fourth-order valence-electron chi connectivity index (χ4n) is 5.03. The van der Waals surface area contributed by atoms with Crippen molar-refractivity contribution in [2.75, 3.05) is 4.90 Å². The monoisotopic (exact) mass is 617 g/mol. The van der Waals surface area contributed by atoms with Crippen LogP contribution in [-0.4, -0.2) is 27.0 Å². The molecule has 1 aliphatic heterocycles. The highest BCUT2D eigenvalue weighted by Crippen LogP contribution is 2.45. The topological polar surface area (TPSA) is 106 Å². The van der Waals surface area contributed by atoms with Crippen molar-refractivity contribution in [3.63, 3.8) is 0 Å². The number of carbonyl (C=O) groups is 2. The van der Waals surface area contributed by atoms with Gasteiger partial charge in [-0.3, -0.25) is 14.5 Å². The predicted molar refractivity (Wildman–Crippen MR) is 169 cm³/mol. The number of anilines is 1. The number of rotatable bonds is 9. The molecule has 1 amide bonds. The van der Waals surface area contributed by atoms with Crippen LogP contribution in [0.2, 0.25) is 0 Å². The standard InChI is InChI=1S/C34H23N3O5S2/c38-30(27-19-22-12-7-8-17-26(22)42-27)28-29(23-13-9-16-25(18-23)41-24-14-5-2-6-15-24)37(32(40)31(28)39)33-35-36-34(44-33)43-20-21-10-3-1-4-11-21/h1-19,29,39H,20H2. The maximum Gasteiger partial charge on any atom is 0.296 e. The molecule has 1 N–H and O–H groups in total. The van der Waals surface area contributed by atoms with Crippen molar-refractivity contribution in [1.29, 1.82) is 0 Å². The van der Waals surface area contributed by atoms with Crippen LogP contribution < -0.4 is 9.64 Å². The second-order valence-corrected chi connectivity index (χ2v) is 12.1. The molecule has 0 spiro atoms. The number of ketones is 1. The van der Waals surface area contributed by atoms with Crippen LogP contribution in [0.3, 0.4) is 0 Å². The number of aliphatic hydroxyl groups is 1. The Labute approximate surface area is 260 Å². The number of para-hydroxylation sites is 2. The summed E-state index contributed by atoms with van der Waals surface area (Å²) < 4.78 is 12.6. The maximum absolute atomic E-state index is 14.0. The summed E-state index contributed by atoms with van der Waals surface area (Å²) in [4.78, 5) is 29.0. The first-order valence-corrected chi connectivity index (χ1v) is 15.5. The fraction of sp³-hybridized carbons (Fsp3) is 0.0588. The quantitative estimate of drug-likeness (QED) is 0.0984. The van der Waals surface area contributed by atoms with E-state index in [1.807, 2.05) is 78.9 Å². The van der Waals surface area contributed by atoms with Crippen LogP contribution in [0.25, 0.3) is 11.0 Å². The lowest BCUT2D eigenvalue weighted by molar-refractivity contribution is -0.117. The lowest BCUT2D eigenvalue weighted by Gasteiger charge is -2.24. The zero-order chi connectivity index (χ0) is 30.0. The molecule has 0 aliphatic carbocycles. The van der Waals surface area contributed by atoms with Crippen LogP contribution in [0.1, 0.15) is 27.7 Å². The Hall–Kier alpha value is -5.19. The third kappa shape index (κ3) is 5.36. The molecule has 3 heterocycles. The van der Waals surface area contributed by atoms with Gasteiger partial charge in [-0.15, -0.1) is 10.2 Å². The second-order valence-electron chi connectivity index (χ2n) is 9.93. The van der Waals surface area contributed by atoms with E-state index in [0.29, 0.717) is 32.7 Å². The molecule has 0 radical (unpaired) electrons. The molecular formula is C34H23N3O5S2. The molecule has 10 heteroatoms. The Morgan fingerprint density at radius 1 is 0.886 bits per heavy atom. The van der Waals surface area contributed by atoms with E-state index in [1.54, 1.807) is 36.4 Å². The van der Waals surface area contributed by atoms with Gasteiger partial charge in [-0.2, -0.15) is 0 Å². The summed E-state index contributed by atoms with van der Waals surface area (Å²) in [7, 11) is 0. The molecule has 6 aromatic rings. The Morgan fingerprint density at radius 2 is 1.61 bits per heavy atom. The molecule has 0 fully saturated rings. The lowest BCUT2D eigenvalue weighted by Crippen LogP contribution is -2.31. The molecule has 0 saturated carbocycles. The molecule has 8 nitrogen and oxygen atoms in total. The second kappa shape index (κ2) is 11.8. The average Bonchev–Trinajstić information content (AvgIpc) is 3.77. The molecule has 4 aromatic carbocycles. The summed E-state index contributed by atoms with van der Waals surface area (Å²) in [6.45, 7) is 0. The lowest BCUT2D eigenvalue weighted by atomic mass is 9.95. The molecule has 0 bridgehead atoms. The average molecular weight is 618 g/mol. The number of nitrogens with zero attached hydrogens (tertiary/aromatic N) is 3. The van der Waals surface area contributed by atoms with Crippen molar-refractivity contribution in [2.24, 2.45) is 0 Å². The van der Waals surface area contributed by atoms with E-state index < -0.39 is 23.5 Å². The zero-order valence-corrected chi connectivity index (χ0v) is 24.6. The van der Waals surface area contributed by atoms with Crippen LogP contribution in [0.15, 0.2) is 135 Å². The van der Waals surface area contributed by atoms with E-state index in [2.05, 4.69) is 10.2 Å². The first-order chi connectivity index (χ1) is 21.5. The van der Waals surface area contributed by atoms with Crippen molar-refractivity contribution >= 4 is 50.9 Å². The van der Waals surface area contributed by atoms with Crippen molar-refractivity contribution in [1.82, 2.24) is 10.2 Å². The highest BCUT2D eigenvalue weighted by atomic mass is 32.2. The number of hydrogen-bond donors (Lipinski definition) is 1. The Bertz CT molecular complexity index is 1990. The number of Topliss-reactive ketones (excluding diaryl/α,β-unsaturated/α-hetero) is 1. The van der Waals surface area contributed by atoms with Gasteiger partial charge in [0.25, 0.3) is 5.91 Å². The first-order valence-electron chi connectivity index (χ1n) is 13.7.